The smallest absolute Gasteiger partial charge is 0.407 e. The first-order valence-corrected chi connectivity index (χ1v) is 17.2. The number of nitrogens with zero attached hydrogens (tertiary/aromatic N) is 1. The van der Waals surface area contributed by atoms with Gasteiger partial charge in [0.25, 0.3) is 11.8 Å². The Morgan fingerprint density at radius 2 is 1.08 bits per heavy atom. The van der Waals surface area contributed by atoms with E-state index in [2.05, 4.69) is 10.6 Å². The van der Waals surface area contributed by atoms with E-state index in [-0.39, 0.29) is 24.4 Å². The Kier molecular flexibility index (Phi) is 11.4. The van der Waals surface area contributed by atoms with Gasteiger partial charge in [-0.2, -0.15) is 0 Å². The zero-order chi connectivity index (χ0) is 37.6. The van der Waals surface area contributed by atoms with Crippen molar-refractivity contribution < 1.29 is 37.5 Å². The molecule has 0 saturated heterocycles. The van der Waals surface area contributed by atoms with Gasteiger partial charge in [0.05, 0.1) is 36.2 Å². The van der Waals surface area contributed by atoms with Crippen LogP contribution in [0.25, 0.3) is 21.9 Å². The fourth-order valence-corrected chi connectivity index (χ4v) is 5.84. The molecule has 2 aromatic heterocycles. The molecule has 12 nitrogen and oxygen atoms in total. The molecule has 0 spiro atoms. The number of benzene rings is 3. The molecular formula is C40H46N4O8. The van der Waals surface area contributed by atoms with Crippen LogP contribution in [0.15, 0.2) is 94.2 Å². The largest absolute Gasteiger partial charge is 0.464 e. The van der Waals surface area contributed by atoms with Crippen molar-refractivity contribution in [1.82, 2.24) is 15.5 Å². The van der Waals surface area contributed by atoms with Crippen LogP contribution in [0.2, 0.25) is 0 Å². The summed E-state index contributed by atoms with van der Waals surface area (Å²) in [6.07, 6.45) is 3.25. The molecule has 12 heteroatoms. The van der Waals surface area contributed by atoms with Crippen LogP contribution in [-0.4, -0.2) is 65.3 Å². The Labute approximate surface area is 302 Å². The second-order valence-electron chi connectivity index (χ2n) is 14.6. The maximum Gasteiger partial charge on any atom is 0.407 e. The quantitative estimate of drug-likeness (QED) is 0.137. The summed E-state index contributed by atoms with van der Waals surface area (Å²) in [4.78, 5) is 51.1. The molecule has 5 aromatic rings. The van der Waals surface area contributed by atoms with Crippen molar-refractivity contribution in [3.63, 3.8) is 0 Å². The van der Waals surface area contributed by atoms with Crippen molar-refractivity contribution in [2.75, 3.05) is 13.1 Å². The maximum absolute atomic E-state index is 12.8. The van der Waals surface area contributed by atoms with E-state index in [4.69, 9.17) is 24.0 Å². The predicted molar refractivity (Wildman–Crippen MR) is 197 cm³/mol. The van der Waals surface area contributed by atoms with Crippen molar-refractivity contribution in [1.29, 1.82) is 0 Å². The third kappa shape index (κ3) is 9.58. The Balaban J connectivity index is 0.000000217. The predicted octanol–water partition coefficient (Wildman–Crippen LogP) is 6.99. The topological polar surface area (TPSA) is 166 Å². The second kappa shape index (κ2) is 15.7. The lowest BCUT2D eigenvalue weighted by Crippen LogP contribution is -2.48. The average molecular weight is 711 g/mol. The molecule has 0 aliphatic carbocycles. The summed E-state index contributed by atoms with van der Waals surface area (Å²) < 4.78 is 21.7. The van der Waals surface area contributed by atoms with E-state index in [1.807, 2.05) is 69.3 Å². The maximum atomic E-state index is 12.8. The standard InChI is InChI=1S/C24H24N2O5.C16H22N2O3/c1-24(2,3)31-23(29)25-16(12-15-14-30-20-11-7-6-8-17(15)20)13-26-21(27)18-9-4-5-10-19(18)22(26)28;1-16(2,3)21-15(19)18-12(9-17)8-11-10-20-14-7-5-4-6-13(11)14/h4-11,14,16H,12-13H2,1-3H3,(H,25,29);4-7,10,12H,8-9,17H2,1-3H3,(H,18,19)/t16-;12-/m11/s1. The third-order valence-corrected chi connectivity index (χ3v) is 8.06. The van der Waals surface area contributed by atoms with E-state index in [1.165, 1.54) is 4.90 Å². The molecule has 274 valence electrons. The van der Waals surface area contributed by atoms with Crippen LogP contribution in [0.4, 0.5) is 9.59 Å². The first-order valence-electron chi connectivity index (χ1n) is 17.2. The number of amides is 4. The first kappa shape index (κ1) is 37.6. The van der Waals surface area contributed by atoms with Gasteiger partial charge >= 0.3 is 12.2 Å². The Hall–Kier alpha value is -5.62. The molecule has 0 fully saturated rings. The van der Waals surface area contributed by atoms with Gasteiger partial charge in [0.2, 0.25) is 0 Å². The van der Waals surface area contributed by atoms with Crippen molar-refractivity contribution in [2.45, 2.75) is 77.7 Å². The highest BCUT2D eigenvalue weighted by Gasteiger charge is 2.37. The van der Waals surface area contributed by atoms with Crippen molar-refractivity contribution >= 4 is 45.9 Å². The minimum absolute atomic E-state index is 0.0189. The molecule has 2 atom stereocenters. The molecule has 0 unspecified atom stereocenters. The number of fused-ring (bicyclic) bond motifs is 3. The van der Waals surface area contributed by atoms with Gasteiger partial charge in [-0.3, -0.25) is 14.5 Å². The fourth-order valence-electron chi connectivity index (χ4n) is 5.84. The summed E-state index contributed by atoms with van der Waals surface area (Å²) in [5.41, 5.74) is 8.75. The van der Waals surface area contributed by atoms with Crippen LogP contribution < -0.4 is 16.4 Å². The summed E-state index contributed by atoms with van der Waals surface area (Å²) in [6, 6.07) is 21.3. The number of para-hydroxylation sites is 2. The molecule has 0 saturated carbocycles. The lowest BCUT2D eigenvalue weighted by Gasteiger charge is -2.26. The lowest BCUT2D eigenvalue weighted by molar-refractivity contribution is 0.0467. The Bertz CT molecular complexity index is 2020. The fraction of sp³-hybridized carbons (Fsp3) is 0.350. The number of ether oxygens (including phenoxy) is 2. The molecule has 3 heterocycles. The minimum atomic E-state index is -0.674. The summed E-state index contributed by atoms with van der Waals surface area (Å²) in [5.74, 6) is -0.734. The van der Waals surface area contributed by atoms with Gasteiger partial charge < -0.3 is 34.7 Å². The van der Waals surface area contributed by atoms with Crippen LogP contribution in [-0.2, 0) is 22.3 Å². The van der Waals surface area contributed by atoms with Crippen molar-refractivity contribution in [2.24, 2.45) is 5.73 Å². The van der Waals surface area contributed by atoms with Gasteiger partial charge in [-0.15, -0.1) is 0 Å². The highest BCUT2D eigenvalue weighted by Crippen LogP contribution is 2.26. The van der Waals surface area contributed by atoms with Crippen LogP contribution in [0.5, 0.6) is 0 Å². The van der Waals surface area contributed by atoms with Crippen LogP contribution in [0.1, 0.15) is 73.4 Å². The molecule has 3 aromatic carbocycles. The number of carbonyl (C=O) groups excluding carboxylic acids is 4. The molecule has 1 aliphatic heterocycles. The highest BCUT2D eigenvalue weighted by atomic mass is 16.6. The number of imide groups is 1. The third-order valence-electron chi connectivity index (χ3n) is 8.06. The summed E-state index contributed by atoms with van der Waals surface area (Å²) in [5, 5.41) is 7.58. The number of nitrogens with two attached hydrogens (primary N) is 1. The number of hydrogen-bond donors (Lipinski definition) is 3. The monoisotopic (exact) mass is 710 g/mol. The zero-order valence-electron chi connectivity index (χ0n) is 30.4. The summed E-state index contributed by atoms with van der Waals surface area (Å²) in [6.45, 7) is 11.2. The Morgan fingerprint density at radius 1 is 0.673 bits per heavy atom. The first-order chi connectivity index (χ1) is 24.6. The lowest BCUT2D eigenvalue weighted by atomic mass is 10.0. The van der Waals surface area contributed by atoms with E-state index in [9.17, 15) is 19.2 Å². The van der Waals surface area contributed by atoms with Gasteiger partial charge in [-0.25, -0.2) is 9.59 Å². The van der Waals surface area contributed by atoms with Gasteiger partial charge in [-0.05, 0) is 78.6 Å². The van der Waals surface area contributed by atoms with Crippen LogP contribution >= 0.6 is 0 Å². The van der Waals surface area contributed by atoms with Gasteiger partial charge in [0, 0.05) is 34.5 Å². The van der Waals surface area contributed by atoms with E-state index in [1.54, 1.807) is 57.6 Å². The second-order valence-corrected chi connectivity index (χ2v) is 14.6. The average Bonchev–Trinajstić information content (AvgIpc) is 3.74. The van der Waals surface area contributed by atoms with Crippen molar-refractivity contribution in [3.05, 3.63) is 108 Å². The zero-order valence-corrected chi connectivity index (χ0v) is 30.4. The van der Waals surface area contributed by atoms with E-state index >= 15 is 0 Å². The number of alkyl carbamates (subject to hydrolysis) is 2. The summed E-state index contributed by atoms with van der Waals surface area (Å²) >= 11 is 0. The Morgan fingerprint density at radius 3 is 1.52 bits per heavy atom. The molecule has 0 bridgehead atoms. The van der Waals surface area contributed by atoms with Crippen molar-refractivity contribution in [3.8, 4) is 0 Å². The number of nitrogens with one attached hydrogen (secondary N) is 2. The molecule has 6 rings (SSSR count). The molecular weight excluding hydrogens is 664 g/mol. The normalized spacial score (nSPS) is 14.0. The number of hydrogen-bond acceptors (Lipinski definition) is 9. The van der Waals surface area contributed by atoms with Crippen LogP contribution in [0.3, 0.4) is 0 Å². The van der Waals surface area contributed by atoms with E-state index < -0.39 is 29.4 Å². The van der Waals surface area contributed by atoms with E-state index in [0.717, 1.165) is 33.1 Å². The molecule has 0 radical (unpaired) electrons. The molecule has 4 amide bonds. The van der Waals surface area contributed by atoms with E-state index in [0.29, 0.717) is 30.5 Å². The molecule has 1 aliphatic rings. The molecule has 52 heavy (non-hydrogen) atoms. The van der Waals surface area contributed by atoms with Gasteiger partial charge in [0.15, 0.2) is 0 Å². The van der Waals surface area contributed by atoms with Gasteiger partial charge in [0.1, 0.15) is 22.4 Å². The number of rotatable bonds is 9. The number of furan rings is 2. The molecule has 4 N–H and O–H groups in total. The van der Waals surface area contributed by atoms with Gasteiger partial charge in [-0.1, -0.05) is 48.5 Å². The highest BCUT2D eigenvalue weighted by molar-refractivity contribution is 6.21. The summed E-state index contributed by atoms with van der Waals surface area (Å²) in [7, 11) is 0. The number of carbonyl (C=O) groups is 4. The minimum Gasteiger partial charge on any atom is -0.464 e. The SMILES string of the molecule is CC(C)(C)OC(=O)N[C@@H](CN)Cc1coc2ccccc12.CC(C)(C)OC(=O)N[C@H](Cc1coc2ccccc12)CN1C(=O)c2ccccc2C1=O. The van der Waals surface area contributed by atoms with Crippen LogP contribution in [0, 0.1) is 0 Å².